The number of hydrogen-bond donors (Lipinski definition) is 1. The zero-order valence-electron chi connectivity index (χ0n) is 13.3. The summed E-state index contributed by atoms with van der Waals surface area (Å²) in [6.07, 6.45) is 6.13. The van der Waals surface area contributed by atoms with Gasteiger partial charge in [0, 0.05) is 31.8 Å². The molecule has 4 heteroatoms. The van der Waals surface area contributed by atoms with Crippen LogP contribution in [0.25, 0.3) is 5.65 Å². The number of fused-ring (bicyclic) bond motifs is 1. The normalized spacial score (nSPS) is 10.8. The molecule has 2 aromatic heterocycles. The zero-order valence-corrected chi connectivity index (χ0v) is 13.3. The van der Waals surface area contributed by atoms with Crippen molar-refractivity contribution >= 4 is 11.6 Å². The van der Waals surface area contributed by atoms with Gasteiger partial charge in [-0.1, -0.05) is 36.4 Å². The Morgan fingerprint density at radius 2 is 1.91 bits per heavy atom. The lowest BCUT2D eigenvalue weighted by molar-refractivity contribution is -0.121. The van der Waals surface area contributed by atoms with Gasteiger partial charge < -0.3 is 9.72 Å². The Balaban J connectivity index is 1.45. The van der Waals surface area contributed by atoms with Crippen LogP contribution >= 0.6 is 0 Å². The summed E-state index contributed by atoms with van der Waals surface area (Å²) in [6, 6.07) is 14.1. The number of benzene rings is 1. The number of carbonyl (C=O) groups is 1. The third kappa shape index (κ3) is 4.19. The molecule has 0 radical (unpaired) electrons. The number of aryl methyl sites for hydroxylation is 2. The molecule has 3 aromatic rings. The van der Waals surface area contributed by atoms with Gasteiger partial charge in [-0.3, -0.25) is 4.79 Å². The van der Waals surface area contributed by atoms with Crippen molar-refractivity contribution in [1.29, 1.82) is 0 Å². The van der Waals surface area contributed by atoms with E-state index >= 15 is 0 Å². The molecule has 0 atom stereocenters. The molecule has 0 aliphatic heterocycles. The predicted octanol–water partition coefficient (Wildman–Crippen LogP) is 2.93. The van der Waals surface area contributed by atoms with E-state index in [0.717, 1.165) is 24.2 Å². The van der Waals surface area contributed by atoms with Crippen LogP contribution in [0.3, 0.4) is 0 Å². The lowest BCUT2D eigenvalue weighted by Crippen LogP contribution is -2.25. The molecule has 1 N–H and O–H groups in total. The standard InChI is InChI=1S/C19H21N3O/c1-15-7-9-18-21-17(14-22(18)13-15)11-12-20-19(23)10-8-16-5-3-2-4-6-16/h2-7,9,13-14H,8,10-12H2,1H3,(H,20,23). The summed E-state index contributed by atoms with van der Waals surface area (Å²) in [5.74, 6) is 0.0912. The third-order valence-corrected chi connectivity index (χ3v) is 3.84. The smallest absolute Gasteiger partial charge is 0.220 e. The van der Waals surface area contributed by atoms with Crippen molar-refractivity contribution in [3.05, 3.63) is 71.7 Å². The van der Waals surface area contributed by atoms with E-state index in [-0.39, 0.29) is 5.91 Å². The van der Waals surface area contributed by atoms with Crippen molar-refractivity contribution in [1.82, 2.24) is 14.7 Å². The highest BCUT2D eigenvalue weighted by Gasteiger charge is 2.04. The summed E-state index contributed by atoms with van der Waals surface area (Å²) in [5.41, 5.74) is 4.34. The summed E-state index contributed by atoms with van der Waals surface area (Å²) < 4.78 is 2.03. The molecule has 0 aliphatic rings. The van der Waals surface area contributed by atoms with Gasteiger partial charge in [0.2, 0.25) is 5.91 Å². The van der Waals surface area contributed by atoms with E-state index in [1.54, 1.807) is 0 Å². The number of amides is 1. The fraction of sp³-hybridized carbons (Fsp3) is 0.263. The first-order chi connectivity index (χ1) is 11.2. The maximum absolute atomic E-state index is 11.9. The van der Waals surface area contributed by atoms with Crippen molar-refractivity contribution in [3.63, 3.8) is 0 Å². The van der Waals surface area contributed by atoms with Crippen LogP contribution in [0.2, 0.25) is 0 Å². The van der Waals surface area contributed by atoms with E-state index in [0.29, 0.717) is 13.0 Å². The van der Waals surface area contributed by atoms with Gasteiger partial charge in [0.15, 0.2) is 0 Å². The van der Waals surface area contributed by atoms with E-state index in [2.05, 4.69) is 29.5 Å². The quantitative estimate of drug-likeness (QED) is 0.761. The molecular weight excluding hydrogens is 286 g/mol. The minimum absolute atomic E-state index is 0.0912. The highest BCUT2D eigenvalue weighted by molar-refractivity contribution is 5.76. The van der Waals surface area contributed by atoms with Crippen LogP contribution in [-0.4, -0.2) is 21.8 Å². The topological polar surface area (TPSA) is 46.4 Å². The molecule has 2 heterocycles. The van der Waals surface area contributed by atoms with Crippen molar-refractivity contribution in [2.75, 3.05) is 6.54 Å². The van der Waals surface area contributed by atoms with Crippen LogP contribution in [0, 0.1) is 6.92 Å². The van der Waals surface area contributed by atoms with Gasteiger partial charge in [-0.15, -0.1) is 0 Å². The lowest BCUT2D eigenvalue weighted by atomic mass is 10.1. The fourth-order valence-corrected chi connectivity index (χ4v) is 2.60. The molecule has 23 heavy (non-hydrogen) atoms. The predicted molar refractivity (Wildman–Crippen MR) is 91.4 cm³/mol. The Kier molecular flexibility index (Phi) is 4.71. The SMILES string of the molecule is Cc1ccc2nc(CCNC(=O)CCc3ccccc3)cn2c1. The first-order valence-corrected chi connectivity index (χ1v) is 7.95. The van der Waals surface area contributed by atoms with Gasteiger partial charge in [-0.2, -0.15) is 0 Å². The molecule has 118 valence electrons. The molecule has 0 spiro atoms. The number of nitrogens with zero attached hydrogens (tertiary/aromatic N) is 2. The molecule has 0 saturated carbocycles. The first-order valence-electron chi connectivity index (χ1n) is 7.95. The average molecular weight is 307 g/mol. The molecule has 4 nitrogen and oxygen atoms in total. The molecule has 0 saturated heterocycles. The van der Waals surface area contributed by atoms with E-state index in [9.17, 15) is 4.79 Å². The van der Waals surface area contributed by atoms with Crippen LogP contribution in [-0.2, 0) is 17.6 Å². The highest BCUT2D eigenvalue weighted by atomic mass is 16.1. The molecule has 1 amide bonds. The van der Waals surface area contributed by atoms with Gasteiger partial charge in [-0.05, 0) is 30.5 Å². The molecule has 1 aromatic carbocycles. The van der Waals surface area contributed by atoms with Crippen molar-refractivity contribution in [3.8, 4) is 0 Å². The van der Waals surface area contributed by atoms with Crippen molar-refractivity contribution in [2.45, 2.75) is 26.2 Å². The van der Waals surface area contributed by atoms with Crippen LogP contribution in [0.15, 0.2) is 54.9 Å². The van der Waals surface area contributed by atoms with Crippen molar-refractivity contribution < 1.29 is 4.79 Å². The van der Waals surface area contributed by atoms with E-state index in [4.69, 9.17) is 0 Å². The van der Waals surface area contributed by atoms with Crippen LogP contribution in [0.1, 0.15) is 23.2 Å². The highest BCUT2D eigenvalue weighted by Crippen LogP contribution is 2.07. The van der Waals surface area contributed by atoms with E-state index in [1.165, 1.54) is 11.1 Å². The average Bonchev–Trinajstić information content (AvgIpc) is 2.95. The molecular formula is C19H21N3O. The van der Waals surface area contributed by atoms with Gasteiger partial charge in [0.05, 0.1) is 5.69 Å². The second-order valence-corrected chi connectivity index (χ2v) is 5.79. The summed E-state index contributed by atoms with van der Waals surface area (Å²) in [7, 11) is 0. The lowest BCUT2D eigenvalue weighted by Gasteiger charge is -2.04. The van der Waals surface area contributed by atoms with Crippen LogP contribution in [0.5, 0.6) is 0 Å². The van der Waals surface area contributed by atoms with Gasteiger partial charge in [-0.25, -0.2) is 4.98 Å². The largest absolute Gasteiger partial charge is 0.356 e. The maximum atomic E-state index is 11.9. The van der Waals surface area contributed by atoms with E-state index in [1.807, 2.05) is 47.0 Å². The first kappa shape index (κ1) is 15.3. The summed E-state index contributed by atoms with van der Waals surface area (Å²) in [4.78, 5) is 16.4. The number of carbonyl (C=O) groups excluding carboxylic acids is 1. The summed E-state index contributed by atoms with van der Waals surface area (Å²) >= 11 is 0. The number of rotatable bonds is 6. The third-order valence-electron chi connectivity index (χ3n) is 3.84. The molecule has 0 aliphatic carbocycles. The maximum Gasteiger partial charge on any atom is 0.220 e. The van der Waals surface area contributed by atoms with Crippen LogP contribution < -0.4 is 5.32 Å². The number of imidazole rings is 1. The van der Waals surface area contributed by atoms with Gasteiger partial charge in [0.1, 0.15) is 5.65 Å². The minimum atomic E-state index is 0.0912. The van der Waals surface area contributed by atoms with Gasteiger partial charge in [0.25, 0.3) is 0 Å². The van der Waals surface area contributed by atoms with Crippen molar-refractivity contribution in [2.24, 2.45) is 0 Å². The minimum Gasteiger partial charge on any atom is -0.356 e. The Labute approximate surface area is 136 Å². The van der Waals surface area contributed by atoms with E-state index < -0.39 is 0 Å². The molecule has 0 bridgehead atoms. The fourth-order valence-electron chi connectivity index (χ4n) is 2.60. The second kappa shape index (κ2) is 7.09. The molecule has 3 rings (SSSR count). The monoisotopic (exact) mass is 307 g/mol. The Hall–Kier alpha value is -2.62. The summed E-state index contributed by atoms with van der Waals surface area (Å²) in [5, 5.41) is 2.97. The number of aromatic nitrogens is 2. The number of pyridine rings is 1. The Bertz CT molecular complexity index is 793. The Morgan fingerprint density at radius 1 is 1.09 bits per heavy atom. The van der Waals surface area contributed by atoms with Gasteiger partial charge >= 0.3 is 0 Å². The summed E-state index contributed by atoms with van der Waals surface area (Å²) in [6.45, 7) is 2.68. The zero-order chi connectivity index (χ0) is 16.1. The number of nitrogens with one attached hydrogen (secondary N) is 1. The second-order valence-electron chi connectivity index (χ2n) is 5.79. The molecule has 0 unspecified atom stereocenters. The Morgan fingerprint density at radius 3 is 2.74 bits per heavy atom. The van der Waals surface area contributed by atoms with Crippen LogP contribution in [0.4, 0.5) is 0 Å². The molecule has 0 fully saturated rings. The number of hydrogen-bond acceptors (Lipinski definition) is 2.